The van der Waals surface area contributed by atoms with E-state index in [-0.39, 0.29) is 11.7 Å². The summed E-state index contributed by atoms with van der Waals surface area (Å²) in [5, 5.41) is 10.7. The van der Waals surface area contributed by atoms with Crippen molar-refractivity contribution in [1.82, 2.24) is 19.3 Å². The number of carboxylic acid groups (broad SMARTS) is 1. The monoisotopic (exact) mass is 418 g/mol. The highest BCUT2D eigenvalue weighted by Crippen LogP contribution is 2.38. The smallest absolute Gasteiger partial charge is 0.352 e. The van der Waals surface area contributed by atoms with Gasteiger partial charge in [0, 0.05) is 53.2 Å². The van der Waals surface area contributed by atoms with Gasteiger partial charge in [-0.2, -0.15) is 0 Å². The van der Waals surface area contributed by atoms with Crippen molar-refractivity contribution in [1.29, 1.82) is 0 Å². The number of hydrogen-bond acceptors (Lipinski definition) is 4. The molecule has 1 aliphatic heterocycles. The molecule has 31 heavy (non-hydrogen) atoms. The number of methoxy groups -OCH3 is 1. The molecule has 1 unspecified atom stereocenters. The molecule has 0 radical (unpaired) electrons. The Hall–Kier alpha value is -3.32. The van der Waals surface area contributed by atoms with Crippen LogP contribution in [0.4, 0.5) is 0 Å². The zero-order valence-electron chi connectivity index (χ0n) is 17.8. The number of rotatable bonds is 5. The summed E-state index contributed by atoms with van der Waals surface area (Å²) in [6.45, 7) is 3.82. The first-order valence-electron chi connectivity index (χ1n) is 10.7. The van der Waals surface area contributed by atoms with Crippen LogP contribution in [0, 0.1) is 6.92 Å². The van der Waals surface area contributed by atoms with Crippen molar-refractivity contribution in [3.05, 3.63) is 65.2 Å². The molecule has 0 spiro atoms. The summed E-state index contributed by atoms with van der Waals surface area (Å²) >= 11 is 0. The quantitative estimate of drug-likeness (QED) is 0.497. The van der Waals surface area contributed by atoms with Crippen molar-refractivity contribution in [3.8, 4) is 5.75 Å². The van der Waals surface area contributed by atoms with Crippen LogP contribution in [0.1, 0.15) is 52.5 Å². The number of aromatic nitrogens is 3. The number of nitrogens with zero attached hydrogens (tertiary/aromatic N) is 3. The van der Waals surface area contributed by atoms with E-state index in [1.807, 2.05) is 12.3 Å². The summed E-state index contributed by atoms with van der Waals surface area (Å²) in [5.41, 5.74) is 5.51. The summed E-state index contributed by atoms with van der Waals surface area (Å²) in [5.74, 6) is -0.0459. The second kappa shape index (κ2) is 7.74. The summed E-state index contributed by atoms with van der Waals surface area (Å²) in [6, 6.07) is 8.01. The summed E-state index contributed by atoms with van der Waals surface area (Å²) in [4.78, 5) is 22.0. The Morgan fingerprint density at radius 3 is 3.00 bits per heavy atom. The second-order valence-corrected chi connectivity index (χ2v) is 8.22. The van der Waals surface area contributed by atoms with Gasteiger partial charge in [-0.05, 0) is 50.1 Å². The van der Waals surface area contributed by atoms with Crippen molar-refractivity contribution in [3.63, 3.8) is 0 Å². The Bertz CT molecular complexity index is 1270. The van der Waals surface area contributed by atoms with Gasteiger partial charge < -0.3 is 14.8 Å². The Morgan fingerprint density at radius 1 is 1.32 bits per heavy atom. The van der Waals surface area contributed by atoms with E-state index in [0.717, 1.165) is 54.8 Å². The number of nitrogens with one attached hydrogen (secondary N) is 1. The minimum Gasteiger partial charge on any atom is -0.496 e. The fraction of sp³-hybridized carbons (Fsp3) is 0.333. The topological polar surface area (TPSA) is 82.9 Å². The van der Waals surface area contributed by atoms with Crippen LogP contribution in [-0.2, 0) is 6.54 Å². The number of piperidine rings is 1. The molecule has 5 rings (SSSR count). The maximum atomic E-state index is 11.6. The van der Waals surface area contributed by atoms with E-state index < -0.39 is 5.97 Å². The molecule has 0 bridgehead atoms. The van der Waals surface area contributed by atoms with E-state index in [9.17, 15) is 9.90 Å². The number of aromatic carboxylic acids is 1. The first-order chi connectivity index (χ1) is 15.1. The first-order valence-corrected chi connectivity index (χ1v) is 10.7. The molecule has 1 atom stereocenters. The van der Waals surface area contributed by atoms with Crippen LogP contribution in [0.15, 0.2) is 42.9 Å². The van der Waals surface area contributed by atoms with Crippen molar-refractivity contribution >= 4 is 22.5 Å². The normalized spacial score (nSPS) is 17.4. The second-order valence-electron chi connectivity index (χ2n) is 8.22. The molecule has 1 aromatic carbocycles. The lowest BCUT2D eigenvalue weighted by molar-refractivity contribution is 0.0688. The average Bonchev–Trinajstić information content (AvgIpc) is 3.45. The van der Waals surface area contributed by atoms with Crippen molar-refractivity contribution in [2.45, 2.75) is 38.8 Å². The molecule has 2 N–H and O–H groups in total. The molecule has 1 aliphatic rings. The van der Waals surface area contributed by atoms with Crippen molar-refractivity contribution in [2.75, 3.05) is 13.7 Å². The Balaban J connectivity index is 1.58. The maximum absolute atomic E-state index is 11.6. The summed E-state index contributed by atoms with van der Waals surface area (Å²) in [7, 11) is 1.73. The number of carbonyl (C=O) groups is 1. The van der Waals surface area contributed by atoms with Crippen LogP contribution in [0.25, 0.3) is 16.6 Å². The molecule has 0 amide bonds. The predicted molar refractivity (Wildman–Crippen MR) is 119 cm³/mol. The Labute approximate surface area is 180 Å². The minimum absolute atomic E-state index is 0.168. The molecule has 7 nitrogen and oxygen atoms in total. The molecule has 1 fully saturated rings. The molecular formula is C24H26N4O3. The number of H-pyrrole nitrogens is 1. The number of likely N-dealkylation sites (tertiary alicyclic amines) is 1. The number of aromatic amines is 1. The van der Waals surface area contributed by atoms with Crippen LogP contribution >= 0.6 is 0 Å². The van der Waals surface area contributed by atoms with Crippen molar-refractivity contribution < 1.29 is 14.6 Å². The number of ether oxygens (including phenoxy) is 1. The van der Waals surface area contributed by atoms with Gasteiger partial charge in [-0.1, -0.05) is 12.5 Å². The number of hydrogen-bond donors (Lipinski definition) is 2. The van der Waals surface area contributed by atoms with Gasteiger partial charge in [0.25, 0.3) is 0 Å². The van der Waals surface area contributed by atoms with Crippen LogP contribution in [0.5, 0.6) is 5.75 Å². The first kappa shape index (κ1) is 19.6. The SMILES string of the molecule is COc1cc(C)c2[nH]ccc2c1CN1CCCCC1c1ccc(C(=O)O)n2ccnc12. The number of benzene rings is 1. The highest BCUT2D eigenvalue weighted by Gasteiger charge is 2.28. The molecule has 1 saturated heterocycles. The van der Waals surface area contributed by atoms with Gasteiger partial charge in [0.05, 0.1) is 7.11 Å². The fourth-order valence-electron chi connectivity index (χ4n) is 4.99. The van der Waals surface area contributed by atoms with Gasteiger partial charge in [0.1, 0.15) is 17.1 Å². The highest BCUT2D eigenvalue weighted by atomic mass is 16.5. The van der Waals surface area contributed by atoms with Gasteiger partial charge in [0.2, 0.25) is 0 Å². The molecule has 3 aromatic heterocycles. The summed E-state index contributed by atoms with van der Waals surface area (Å²) in [6.07, 6.45) is 8.66. The van der Waals surface area contributed by atoms with Crippen LogP contribution in [-0.4, -0.2) is 44.0 Å². The summed E-state index contributed by atoms with van der Waals surface area (Å²) < 4.78 is 7.45. The third-order valence-corrected chi connectivity index (χ3v) is 6.46. The third kappa shape index (κ3) is 3.25. The van der Waals surface area contributed by atoms with E-state index in [1.165, 1.54) is 16.5 Å². The van der Waals surface area contributed by atoms with E-state index in [2.05, 4.69) is 33.9 Å². The average molecular weight is 418 g/mol. The lowest BCUT2D eigenvalue weighted by atomic mass is 9.94. The van der Waals surface area contributed by atoms with E-state index in [0.29, 0.717) is 0 Å². The number of pyridine rings is 1. The van der Waals surface area contributed by atoms with Crippen LogP contribution < -0.4 is 4.74 Å². The molecule has 4 aromatic rings. The largest absolute Gasteiger partial charge is 0.496 e. The van der Waals surface area contributed by atoms with Crippen LogP contribution in [0.3, 0.4) is 0 Å². The molecule has 160 valence electrons. The zero-order chi connectivity index (χ0) is 21.5. The van der Waals surface area contributed by atoms with Gasteiger partial charge in [-0.25, -0.2) is 9.78 Å². The Morgan fingerprint density at radius 2 is 2.19 bits per heavy atom. The maximum Gasteiger partial charge on any atom is 0.352 e. The van der Waals surface area contributed by atoms with E-state index in [1.54, 1.807) is 30.0 Å². The zero-order valence-corrected chi connectivity index (χ0v) is 17.8. The minimum atomic E-state index is -0.950. The molecule has 7 heteroatoms. The van der Waals surface area contributed by atoms with Gasteiger partial charge in [-0.15, -0.1) is 0 Å². The number of aryl methyl sites for hydroxylation is 1. The third-order valence-electron chi connectivity index (χ3n) is 6.46. The van der Waals surface area contributed by atoms with Crippen molar-refractivity contribution in [2.24, 2.45) is 0 Å². The number of imidazole rings is 1. The van der Waals surface area contributed by atoms with E-state index in [4.69, 9.17) is 4.74 Å². The molecule has 0 aliphatic carbocycles. The number of fused-ring (bicyclic) bond motifs is 2. The van der Waals surface area contributed by atoms with Gasteiger partial charge in [-0.3, -0.25) is 9.30 Å². The molecule has 0 saturated carbocycles. The van der Waals surface area contributed by atoms with E-state index >= 15 is 0 Å². The predicted octanol–water partition coefficient (Wildman–Crippen LogP) is 4.56. The number of carboxylic acids is 1. The standard InChI is InChI=1S/C24H26N4O3/c1-15-13-21(31-2)18(16-8-9-25-22(15)16)14-27-11-4-3-5-19(27)17-6-7-20(24(29)30)28-12-10-26-23(17)28/h6-10,12-13,19,25H,3-5,11,14H2,1-2H3,(H,29,30). The molecule has 4 heterocycles. The highest BCUT2D eigenvalue weighted by molar-refractivity contribution is 5.88. The fourth-order valence-corrected chi connectivity index (χ4v) is 4.99. The lowest BCUT2D eigenvalue weighted by Crippen LogP contribution is -2.33. The molecular weight excluding hydrogens is 392 g/mol. The Kier molecular flexibility index (Phi) is 4.90. The van der Waals surface area contributed by atoms with Gasteiger partial charge in [0.15, 0.2) is 0 Å². The van der Waals surface area contributed by atoms with Gasteiger partial charge >= 0.3 is 5.97 Å². The van der Waals surface area contributed by atoms with Crippen LogP contribution in [0.2, 0.25) is 0 Å². The lowest BCUT2D eigenvalue weighted by Gasteiger charge is -2.36.